The molecule has 3 nitrogen and oxygen atoms in total. The maximum atomic E-state index is 12.0. The summed E-state index contributed by atoms with van der Waals surface area (Å²) in [5.74, 6) is -0.0826. The van der Waals surface area contributed by atoms with E-state index in [1.807, 2.05) is 32.0 Å². The molecule has 1 N–H and O–H groups in total. The molecule has 0 radical (unpaired) electrons. The minimum atomic E-state index is -0.354. The molecule has 0 fully saturated rings. The third-order valence-electron chi connectivity index (χ3n) is 2.40. The van der Waals surface area contributed by atoms with E-state index in [1.54, 1.807) is 7.11 Å². The van der Waals surface area contributed by atoms with Gasteiger partial charge in [0.1, 0.15) is 0 Å². The predicted molar refractivity (Wildman–Crippen MR) is 80.3 cm³/mol. The highest BCUT2D eigenvalue weighted by Crippen LogP contribution is 2.18. The average molecular weight is 412 g/mol. The summed E-state index contributed by atoms with van der Waals surface area (Å²) in [6.45, 7) is 4.34. The Bertz CT molecular complexity index is 421. The normalized spacial score (nSPS) is 11.4. The van der Waals surface area contributed by atoms with E-state index in [0.29, 0.717) is 12.1 Å². The molecule has 0 heterocycles. The molecule has 1 aromatic carbocycles. The molecule has 94 valence electrons. The zero-order valence-corrected chi connectivity index (χ0v) is 13.8. The molecule has 1 aromatic rings. The van der Waals surface area contributed by atoms with Crippen LogP contribution in [-0.2, 0) is 4.74 Å². The van der Waals surface area contributed by atoms with Crippen molar-refractivity contribution in [2.45, 2.75) is 19.4 Å². The highest BCUT2D eigenvalue weighted by atomic mass is 127. The van der Waals surface area contributed by atoms with Crippen molar-refractivity contribution in [2.24, 2.45) is 0 Å². The Hall–Kier alpha value is -0.140. The van der Waals surface area contributed by atoms with Crippen molar-refractivity contribution in [1.29, 1.82) is 0 Å². The van der Waals surface area contributed by atoms with Gasteiger partial charge in [-0.3, -0.25) is 4.79 Å². The van der Waals surface area contributed by atoms with Crippen LogP contribution in [0.15, 0.2) is 22.7 Å². The highest BCUT2D eigenvalue weighted by Gasteiger charge is 2.18. The van der Waals surface area contributed by atoms with Crippen LogP contribution in [-0.4, -0.2) is 25.2 Å². The zero-order valence-electron chi connectivity index (χ0n) is 10.0. The number of methoxy groups -OCH3 is 1. The zero-order chi connectivity index (χ0) is 13.1. The largest absolute Gasteiger partial charge is 0.377 e. The maximum absolute atomic E-state index is 12.0. The van der Waals surface area contributed by atoms with Gasteiger partial charge in [-0.1, -0.05) is 15.9 Å². The molecular formula is C12H15BrINO2. The second kappa shape index (κ2) is 6.15. The Morgan fingerprint density at radius 2 is 2.18 bits per heavy atom. The van der Waals surface area contributed by atoms with Gasteiger partial charge in [0.2, 0.25) is 0 Å². The molecule has 17 heavy (non-hydrogen) atoms. The van der Waals surface area contributed by atoms with Gasteiger partial charge in [-0.2, -0.15) is 0 Å². The second-order valence-electron chi connectivity index (χ2n) is 4.27. The molecule has 0 saturated heterocycles. The molecule has 0 atom stereocenters. The van der Waals surface area contributed by atoms with Crippen molar-refractivity contribution in [3.05, 3.63) is 31.8 Å². The molecule has 5 heteroatoms. The van der Waals surface area contributed by atoms with Crippen molar-refractivity contribution in [3.8, 4) is 0 Å². The Morgan fingerprint density at radius 1 is 1.53 bits per heavy atom. The van der Waals surface area contributed by atoms with Crippen molar-refractivity contribution in [1.82, 2.24) is 5.32 Å². The fourth-order valence-corrected chi connectivity index (χ4v) is 2.07. The van der Waals surface area contributed by atoms with Gasteiger partial charge in [-0.25, -0.2) is 0 Å². The van der Waals surface area contributed by atoms with Crippen molar-refractivity contribution in [3.63, 3.8) is 0 Å². The SMILES string of the molecule is COC(C)(C)CNC(=O)c1cc(Br)ccc1I. The van der Waals surface area contributed by atoms with Crippen molar-refractivity contribution >= 4 is 44.4 Å². The number of halogens is 2. The van der Waals surface area contributed by atoms with Crippen molar-refractivity contribution in [2.75, 3.05) is 13.7 Å². The molecule has 0 aliphatic heterocycles. The first-order chi connectivity index (χ1) is 7.85. The maximum Gasteiger partial charge on any atom is 0.252 e. The lowest BCUT2D eigenvalue weighted by atomic mass is 10.1. The summed E-state index contributed by atoms with van der Waals surface area (Å²) in [6.07, 6.45) is 0. The Kier molecular flexibility index (Phi) is 5.40. The third kappa shape index (κ3) is 4.56. The van der Waals surface area contributed by atoms with Crippen LogP contribution in [0.1, 0.15) is 24.2 Å². The van der Waals surface area contributed by atoms with Crippen LogP contribution < -0.4 is 5.32 Å². The van der Waals surface area contributed by atoms with Crippen LogP contribution in [0.2, 0.25) is 0 Å². The summed E-state index contributed by atoms with van der Waals surface area (Å²) in [5.41, 5.74) is 0.319. The standard InChI is InChI=1S/C12H15BrINO2/c1-12(2,17-3)7-15-11(16)9-6-8(13)4-5-10(9)14/h4-6H,7H2,1-3H3,(H,15,16). The van der Waals surface area contributed by atoms with E-state index in [1.165, 1.54) is 0 Å². The average Bonchev–Trinajstić information content (AvgIpc) is 2.29. The van der Waals surface area contributed by atoms with Crippen LogP contribution in [0.4, 0.5) is 0 Å². The number of nitrogens with one attached hydrogen (secondary N) is 1. The first kappa shape index (κ1) is 14.9. The van der Waals surface area contributed by atoms with Gasteiger partial charge in [0, 0.05) is 21.7 Å². The van der Waals surface area contributed by atoms with Gasteiger partial charge >= 0.3 is 0 Å². The topological polar surface area (TPSA) is 38.3 Å². The summed E-state index contributed by atoms with van der Waals surface area (Å²) in [6, 6.07) is 5.63. The van der Waals surface area contributed by atoms with Gasteiger partial charge in [-0.15, -0.1) is 0 Å². The second-order valence-corrected chi connectivity index (χ2v) is 6.35. The lowest BCUT2D eigenvalue weighted by Gasteiger charge is -2.23. The number of carbonyl (C=O) groups is 1. The number of carbonyl (C=O) groups excluding carboxylic acids is 1. The van der Waals surface area contributed by atoms with E-state index in [2.05, 4.69) is 43.8 Å². The first-order valence-electron chi connectivity index (χ1n) is 5.14. The Labute approximate surface area is 124 Å². The van der Waals surface area contributed by atoms with Gasteiger partial charge in [0.05, 0.1) is 11.2 Å². The van der Waals surface area contributed by atoms with E-state index in [9.17, 15) is 4.79 Å². The first-order valence-corrected chi connectivity index (χ1v) is 7.01. The highest BCUT2D eigenvalue weighted by molar-refractivity contribution is 14.1. The molecule has 1 amide bonds. The van der Waals surface area contributed by atoms with Crippen LogP contribution in [0, 0.1) is 3.57 Å². The number of ether oxygens (including phenoxy) is 1. The van der Waals surface area contributed by atoms with E-state index in [0.717, 1.165) is 8.04 Å². The molecule has 0 saturated carbocycles. The molecule has 1 rings (SSSR count). The quantitative estimate of drug-likeness (QED) is 0.772. The van der Waals surface area contributed by atoms with Gasteiger partial charge in [0.15, 0.2) is 0 Å². The number of amides is 1. The molecule has 0 bridgehead atoms. The molecule has 0 spiro atoms. The van der Waals surface area contributed by atoms with Crippen LogP contribution in [0.5, 0.6) is 0 Å². The molecule has 0 unspecified atom stereocenters. The van der Waals surface area contributed by atoms with Crippen LogP contribution >= 0.6 is 38.5 Å². The summed E-state index contributed by atoms with van der Waals surface area (Å²) in [7, 11) is 1.63. The Balaban J connectivity index is 2.74. The predicted octanol–water partition coefficient (Wildman–Crippen LogP) is 3.21. The fraction of sp³-hybridized carbons (Fsp3) is 0.417. The summed E-state index contributed by atoms with van der Waals surface area (Å²) >= 11 is 5.51. The van der Waals surface area contributed by atoms with Crippen molar-refractivity contribution < 1.29 is 9.53 Å². The molecule has 0 aromatic heterocycles. The fourth-order valence-electron chi connectivity index (χ4n) is 1.13. The lowest BCUT2D eigenvalue weighted by Crippen LogP contribution is -2.39. The summed E-state index contributed by atoms with van der Waals surface area (Å²) in [5, 5.41) is 2.87. The number of hydrogen-bond donors (Lipinski definition) is 1. The lowest BCUT2D eigenvalue weighted by molar-refractivity contribution is 0.0228. The minimum Gasteiger partial charge on any atom is -0.377 e. The number of hydrogen-bond acceptors (Lipinski definition) is 2. The van der Waals surface area contributed by atoms with E-state index in [4.69, 9.17) is 4.74 Å². The molecule has 0 aliphatic rings. The Morgan fingerprint density at radius 3 is 2.76 bits per heavy atom. The van der Waals surface area contributed by atoms with Gasteiger partial charge in [-0.05, 0) is 54.6 Å². The molecular weight excluding hydrogens is 397 g/mol. The smallest absolute Gasteiger partial charge is 0.252 e. The van der Waals surface area contributed by atoms with Gasteiger partial charge in [0.25, 0.3) is 5.91 Å². The number of benzene rings is 1. The minimum absolute atomic E-state index is 0.0826. The van der Waals surface area contributed by atoms with E-state index in [-0.39, 0.29) is 11.5 Å². The third-order valence-corrected chi connectivity index (χ3v) is 3.83. The number of rotatable bonds is 4. The van der Waals surface area contributed by atoms with Crippen LogP contribution in [0.3, 0.4) is 0 Å². The summed E-state index contributed by atoms with van der Waals surface area (Å²) < 4.78 is 7.08. The van der Waals surface area contributed by atoms with Gasteiger partial charge < -0.3 is 10.1 Å². The molecule has 0 aliphatic carbocycles. The summed E-state index contributed by atoms with van der Waals surface area (Å²) in [4.78, 5) is 12.0. The monoisotopic (exact) mass is 411 g/mol. The van der Waals surface area contributed by atoms with E-state index < -0.39 is 0 Å². The van der Waals surface area contributed by atoms with Crippen LogP contribution in [0.25, 0.3) is 0 Å². The van der Waals surface area contributed by atoms with E-state index >= 15 is 0 Å².